The number of nitrogens with one attached hydrogen (secondary N) is 3. The van der Waals surface area contributed by atoms with Gasteiger partial charge in [0, 0.05) is 18.6 Å². The summed E-state index contributed by atoms with van der Waals surface area (Å²) in [6.45, 7) is 1.50. The summed E-state index contributed by atoms with van der Waals surface area (Å²) >= 11 is 0. The van der Waals surface area contributed by atoms with Crippen LogP contribution in [0.4, 0.5) is 0 Å². The van der Waals surface area contributed by atoms with Crippen LogP contribution in [0.3, 0.4) is 0 Å². The predicted molar refractivity (Wildman–Crippen MR) is 54.1 cm³/mol. The first-order valence-corrected chi connectivity index (χ1v) is 6.64. The fourth-order valence-electron chi connectivity index (χ4n) is 1.60. The molecular weight excluding hydrogens is 202 g/mol. The summed E-state index contributed by atoms with van der Waals surface area (Å²) in [4.78, 5) is 0. The van der Waals surface area contributed by atoms with E-state index in [1.807, 2.05) is 0 Å². The minimum Gasteiger partial charge on any atom is -0.313 e. The van der Waals surface area contributed by atoms with E-state index in [-0.39, 0.29) is 6.04 Å². The molecule has 0 aromatic heterocycles. The Labute approximate surface area is 84.8 Å². The monoisotopic (exact) mass is 219 g/mol. The van der Waals surface area contributed by atoms with Crippen LogP contribution in [0.2, 0.25) is 0 Å². The zero-order chi connectivity index (χ0) is 10.0. The largest absolute Gasteiger partial charge is 0.313 e. The molecule has 2 aliphatic rings. The van der Waals surface area contributed by atoms with Gasteiger partial charge in [0.2, 0.25) is 0 Å². The molecule has 14 heavy (non-hydrogen) atoms. The van der Waals surface area contributed by atoms with Gasteiger partial charge in [0.1, 0.15) is 0 Å². The third-order valence-electron chi connectivity index (χ3n) is 2.58. The minimum atomic E-state index is -3.25. The molecule has 1 aliphatic carbocycles. The molecule has 1 atom stereocenters. The Hall–Kier alpha value is -0.170. The van der Waals surface area contributed by atoms with E-state index >= 15 is 0 Å². The van der Waals surface area contributed by atoms with Gasteiger partial charge in [-0.2, -0.15) is 13.1 Å². The van der Waals surface area contributed by atoms with E-state index in [1.165, 1.54) is 0 Å². The molecule has 0 aromatic rings. The topological polar surface area (TPSA) is 70.2 Å². The van der Waals surface area contributed by atoms with Gasteiger partial charge >= 0.3 is 0 Å². The standard InChI is InChI=1S/C8H17N3O2S/c12-14(13,11-7-3-4-7)10-6-8-2-1-5-9-8/h7-11H,1-6H2. The van der Waals surface area contributed by atoms with Gasteiger partial charge in [-0.05, 0) is 32.2 Å². The highest BCUT2D eigenvalue weighted by atomic mass is 32.2. The van der Waals surface area contributed by atoms with Gasteiger partial charge in [-0.1, -0.05) is 0 Å². The van der Waals surface area contributed by atoms with Crippen LogP contribution in [-0.2, 0) is 10.2 Å². The zero-order valence-corrected chi connectivity index (χ0v) is 8.94. The molecule has 1 aliphatic heterocycles. The van der Waals surface area contributed by atoms with Crippen molar-refractivity contribution in [2.45, 2.75) is 37.8 Å². The van der Waals surface area contributed by atoms with Crippen molar-refractivity contribution in [3.8, 4) is 0 Å². The molecule has 1 saturated carbocycles. The van der Waals surface area contributed by atoms with E-state index in [0.717, 1.165) is 32.2 Å². The Morgan fingerprint density at radius 3 is 2.64 bits per heavy atom. The van der Waals surface area contributed by atoms with Gasteiger partial charge < -0.3 is 5.32 Å². The molecule has 82 valence electrons. The Kier molecular flexibility index (Phi) is 3.06. The third kappa shape index (κ3) is 3.20. The second-order valence-corrected chi connectivity index (χ2v) is 5.57. The van der Waals surface area contributed by atoms with E-state index in [9.17, 15) is 8.42 Å². The van der Waals surface area contributed by atoms with Gasteiger partial charge in [0.25, 0.3) is 10.2 Å². The number of hydrogen-bond donors (Lipinski definition) is 3. The van der Waals surface area contributed by atoms with Crippen LogP contribution in [0.1, 0.15) is 25.7 Å². The molecule has 0 aromatic carbocycles. The van der Waals surface area contributed by atoms with Crippen molar-refractivity contribution >= 4 is 10.2 Å². The summed E-state index contributed by atoms with van der Waals surface area (Å²) in [5.74, 6) is 0. The van der Waals surface area contributed by atoms with Crippen LogP contribution in [0.5, 0.6) is 0 Å². The molecule has 6 heteroatoms. The average molecular weight is 219 g/mol. The highest BCUT2D eigenvalue weighted by molar-refractivity contribution is 7.87. The van der Waals surface area contributed by atoms with Crippen molar-refractivity contribution in [2.24, 2.45) is 0 Å². The van der Waals surface area contributed by atoms with Crippen molar-refractivity contribution in [1.82, 2.24) is 14.8 Å². The van der Waals surface area contributed by atoms with Crippen LogP contribution < -0.4 is 14.8 Å². The van der Waals surface area contributed by atoms with Gasteiger partial charge in [-0.15, -0.1) is 0 Å². The maximum Gasteiger partial charge on any atom is 0.277 e. The molecule has 0 spiro atoms. The molecule has 0 amide bonds. The zero-order valence-electron chi connectivity index (χ0n) is 8.12. The molecule has 0 radical (unpaired) electrons. The van der Waals surface area contributed by atoms with Crippen LogP contribution >= 0.6 is 0 Å². The fraction of sp³-hybridized carbons (Fsp3) is 1.00. The van der Waals surface area contributed by atoms with Gasteiger partial charge in [0.05, 0.1) is 0 Å². The summed E-state index contributed by atoms with van der Waals surface area (Å²) in [7, 11) is -3.25. The van der Waals surface area contributed by atoms with Crippen molar-refractivity contribution in [3.05, 3.63) is 0 Å². The molecule has 5 nitrogen and oxygen atoms in total. The Morgan fingerprint density at radius 1 is 1.29 bits per heavy atom. The van der Waals surface area contributed by atoms with E-state index in [2.05, 4.69) is 14.8 Å². The Morgan fingerprint density at radius 2 is 2.07 bits per heavy atom. The van der Waals surface area contributed by atoms with Crippen molar-refractivity contribution < 1.29 is 8.42 Å². The first-order chi connectivity index (χ1) is 6.66. The Balaban J connectivity index is 1.71. The minimum absolute atomic E-state index is 0.184. The number of rotatable bonds is 5. The summed E-state index contributed by atoms with van der Waals surface area (Å²) in [6.07, 6.45) is 4.15. The molecule has 2 fully saturated rings. The first kappa shape index (κ1) is 10.4. The quantitative estimate of drug-likeness (QED) is 0.574. The lowest BCUT2D eigenvalue weighted by Gasteiger charge is -2.12. The van der Waals surface area contributed by atoms with Crippen LogP contribution in [-0.4, -0.2) is 33.6 Å². The highest BCUT2D eigenvalue weighted by Gasteiger charge is 2.27. The van der Waals surface area contributed by atoms with Crippen molar-refractivity contribution in [2.75, 3.05) is 13.1 Å². The van der Waals surface area contributed by atoms with Crippen molar-refractivity contribution in [3.63, 3.8) is 0 Å². The first-order valence-electron chi connectivity index (χ1n) is 5.16. The molecular formula is C8H17N3O2S. The summed E-state index contributed by atoms with van der Waals surface area (Å²) in [6, 6.07) is 0.495. The SMILES string of the molecule is O=S(=O)(NCC1CCCN1)NC1CC1. The van der Waals surface area contributed by atoms with Gasteiger partial charge in [0.15, 0.2) is 0 Å². The van der Waals surface area contributed by atoms with E-state index in [4.69, 9.17) is 0 Å². The lowest BCUT2D eigenvalue weighted by atomic mass is 10.2. The third-order valence-corrected chi connectivity index (χ3v) is 3.77. The van der Waals surface area contributed by atoms with E-state index in [0.29, 0.717) is 12.6 Å². The lowest BCUT2D eigenvalue weighted by molar-refractivity contribution is 0.540. The van der Waals surface area contributed by atoms with E-state index in [1.54, 1.807) is 0 Å². The average Bonchev–Trinajstić information content (AvgIpc) is 2.78. The lowest BCUT2D eigenvalue weighted by Crippen LogP contribution is -2.43. The molecule has 2 rings (SSSR count). The smallest absolute Gasteiger partial charge is 0.277 e. The summed E-state index contributed by atoms with van der Waals surface area (Å²) in [5.41, 5.74) is 0. The highest BCUT2D eigenvalue weighted by Crippen LogP contribution is 2.19. The molecule has 1 unspecified atom stereocenters. The molecule has 3 N–H and O–H groups in total. The van der Waals surface area contributed by atoms with E-state index < -0.39 is 10.2 Å². The maximum absolute atomic E-state index is 11.4. The maximum atomic E-state index is 11.4. The predicted octanol–water partition coefficient (Wildman–Crippen LogP) is -0.675. The van der Waals surface area contributed by atoms with Gasteiger partial charge in [-0.3, -0.25) is 0 Å². The molecule has 0 bridgehead atoms. The summed E-state index contributed by atoms with van der Waals surface area (Å²) < 4.78 is 27.9. The number of hydrogen-bond acceptors (Lipinski definition) is 3. The summed E-state index contributed by atoms with van der Waals surface area (Å²) in [5, 5.41) is 3.24. The van der Waals surface area contributed by atoms with Crippen LogP contribution in [0.15, 0.2) is 0 Å². The molecule has 1 heterocycles. The second-order valence-electron chi connectivity index (χ2n) is 4.04. The second kappa shape index (κ2) is 4.14. The Bertz CT molecular complexity index is 281. The van der Waals surface area contributed by atoms with Gasteiger partial charge in [-0.25, -0.2) is 4.72 Å². The molecule has 1 saturated heterocycles. The normalized spacial score (nSPS) is 28.1. The van der Waals surface area contributed by atoms with Crippen molar-refractivity contribution in [1.29, 1.82) is 0 Å². The fourth-order valence-corrected chi connectivity index (χ4v) is 2.78. The van der Waals surface area contributed by atoms with Crippen LogP contribution in [0, 0.1) is 0 Å². The van der Waals surface area contributed by atoms with Crippen LogP contribution in [0.25, 0.3) is 0 Å².